The summed E-state index contributed by atoms with van der Waals surface area (Å²) in [5.41, 5.74) is 2.81. The van der Waals surface area contributed by atoms with Crippen LogP contribution in [0.2, 0.25) is 0 Å². The zero-order chi connectivity index (χ0) is 22.0. The zero-order valence-electron chi connectivity index (χ0n) is 16.4. The third-order valence-electron chi connectivity index (χ3n) is 4.98. The van der Waals surface area contributed by atoms with Crippen molar-refractivity contribution in [2.45, 2.75) is 17.4 Å². The van der Waals surface area contributed by atoms with Crippen LogP contribution in [0.25, 0.3) is 16.6 Å². The van der Waals surface area contributed by atoms with Gasteiger partial charge in [-0.2, -0.15) is 0 Å². The van der Waals surface area contributed by atoms with Gasteiger partial charge >= 0.3 is 0 Å². The van der Waals surface area contributed by atoms with Gasteiger partial charge < -0.3 is 14.8 Å². The Balaban J connectivity index is 1.65. The molecule has 160 valence electrons. The van der Waals surface area contributed by atoms with Crippen LogP contribution in [0.15, 0.2) is 83.9 Å². The van der Waals surface area contributed by atoms with Gasteiger partial charge in [0.1, 0.15) is 5.82 Å². The quantitative estimate of drug-likeness (QED) is 0.410. The van der Waals surface area contributed by atoms with E-state index in [0.29, 0.717) is 6.42 Å². The van der Waals surface area contributed by atoms with Crippen LogP contribution in [0.3, 0.4) is 0 Å². The second-order valence-electron chi connectivity index (χ2n) is 7.19. The molecule has 8 heteroatoms. The molecule has 0 amide bonds. The molecular formula is C23H21FN2O4S. The van der Waals surface area contributed by atoms with Gasteiger partial charge in [-0.05, 0) is 60.2 Å². The molecule has 3 N–H and O–H groups in total. The summed E-state index contributed by atoms with van der Waals surface area (Å²) >= 11 is 0. The molecular weight excluding hydrogens is 419 g/mol. The number of sulfonamides is 1. The molecule has 0 saturated carbocycles. The van der Waals surface area contributed by atoms with Crippen LogP contribution in [0, 0.1) is 5.82 Å². The van der Waals surface area contributed by atoms with Gasteiger partial charge in [0.15, 0.2) is 0 Å². The topological polar surface area (TPSA) is 91.6 Å². The summed E-state index contributed by atoms with van der Waals surface area (Å²) in [6.07, 6.45) is 1.33. The summed E-state index contributed by atoms with van der Waals surface area (Å²) in [5.74, 6) is -0.447. The minimum absolute atomic E-state index is 0.0768. The first-order valence-corrected chi connectivity index (χ1v) is 11.1. The Bertz CT molecular complexity index is 1300. The minimum atomic E-state index is -3.82. The maximum atomic E-state index is 13.0. The number of fused-ring (bicyclic) bond motifs is 1. The van der Waals surface area contributed by atoms with Gasteiger partial charge in [-0.1, -0.05) is 18.2 Å². The van der Waals surface area contributed by atoms with E-state index in [4.69, 9.17) is 0 Å². The first-order valence-electron chi connectivity index (χ1n) is 9.64. The van der Waals surface area contributed by atoms with Crippen LogP contribution in [-0.4, -0.2) is 35.9 Å². The molecule has 0 aliphatic rings. The Morgan fingerprint density at radius 3 is 2.32 bits per heavy atom. The molecule has 4 rings (SSSR count). The predicted molar refractivity (Wildman–Crippen MR) is 117 cm³/mol. The fraction of sp³-hybridized carbons (Fsp3) is 0.130. The molecule has 1 atom stereocenters. The maximum Gasteiger partial charge on any atom is 0.261 e. The van der Waals surface area contributed by atoms with Crippen molar-refractivity contribution >= 4 is 26.6 Å². The normalized spacial score (nSPS) is 12.7. The number of para-hydroxylation sites is 1. The maximum absolute atomic E-state index is 13.0. The Kier molecular flexibility index (Phi) is 5.77. The predicted octanol–water partition coefficient (Wildman–Crippen LogP) is 3.47. The SMILES string of the molecule is O=S(=O)(Nc1ccc(F)cc1)c1ccc(-n2cc(C[C@H](O)CO)c3ccccc32)cc1. The van der Waals surface area contributed by atoms with Crippen LogP contribution in [0.1, 0.15) is 5.56 Å². The monoisotopic (exact) mass is 440 g/mol. The van der Waals surface area contributed by atoms with Crippen LogP contribution in [0.4, 0.5) is 10.1 Å². The second kappa shape index (κ2) is 8.50. The Hall–Kier alpha value is -3.20. The van der Waals surface area contributed by atoms with Crippen LogP contribution >= 0.6 is 0 Å². The summed E-state index contributed by atoms with van der Waals surface area (Å²) in [6, 6.07) is 19.1. The lowest BCUT2D eigenvalue weighted by atomic mass is 10.1. The van der Waals surface area contributed by atoms with Gasteiger partial charge in [-0.3, -0.25) is 4.72 Å². The van der Waals surface area contributed by atoms with Crippen LogP contribution in [0.5, 0.6) is 0 Å². The highest BCUT2D eigenvalue weighted by Crippen LogP contribution is 2.27. The molecule has 0 radical (unpaired) electrons. The highest BCUT2D eigenvalue weighted by atomic mass is 32.2. The number of nitrogens with one attached hydrogen (secondary N) is 1. The van der Waals surface area contributed by atoms with Crippen molar-refractivity contribution in [2.75, 3.05) is 11.3 Å². The highest BCUT2D eigenvalue weighted by molar-refractivity contribution is 7.92. The molecule has 3 aromatic carbocycles. The van der Waals surface area contributed by atoms with E-state index in [9.17, 15) is 23.0 Å². The third kappa shape index (κ3) is 4.46. The Morgan fingerprint density at radius 2 is 1.65 bits per heavy atom. The van der Waals surface area contributed by atoms with Crippen molar-refractivity contribution in [1.29, 1.82) is 0 Å². The van der Waals surface area contributed by atoms with Gasteiger partial charge in [-0.25, -0.2) is 12.8 Å². The first-order chi connectivity index (χ1) is 14.9. The van der Waals surface area contributed by atoms with E-state index in [1.807, 2.05) is 35.0 Å². The molecule has 6 nitrogen and oxygen atoms in total. The van der Waals surface area contributed by atoms with E-state index >= 15 is 0 Å². The Morgan fingerprint density at radius 1 is 0.968 bits per heavy atom. The summed E-state index contributed by atoms with van der Waals surface area (Å²) in [7, 11) is -3.82. The molecule has 31 heavy (non-hydrogen) atoms. The van der Waals surface area contributed by atoms with Crippen LogP contribution in [-0.2, 0) is 16.4 Å². The fourth-order valence-electron chi connectivity index (χ4n) is 3.46. The first kappa shape index (κ1) is 21.0. The van der Waals surface area contributed by atoms with Gasteiger partial charge in [0, 0.05) is 29.4 Å². The summed E-state index contributed by atoms with van der Waals surface area (Å²) in [4.78, 5) is 0.0768. The van der Waals surface area contributed by atoms with Crippen molar-refractivity contribution < 1.29 is 23.0 Å². The van der Waals surface area contributed by atoms with Gasteiger partial charge in [0.2, 0.25) is 0 Å². The fourth-order valence-corrected chi connectivity index (χ4v) is 4.52. The lowest BCUT2D eigenvalue weighted by molar-refractivity contribution is 0.0957. The molecule has 0 bridgehead atoms. The number of benzene rings is 3. The molecule has 0 fully saturated rings. The van der Waals surface area contributed by atoms with Crippen molar-refractivity contribution in [3.05, 3.63) is 90.4 Å². The standard InChI is InChI=1S/C23H21FN2O4S/c24-17-5-7-18(8-6-17)25-31(29,30)21-11-9-19(10-12-21)26-14-16(13-20(28)15-27)22-3-1-2-4-23(22)26/h1-12,14,20,25,27-28H,13,15H2/t20-/m0/s1. The van der Waals surface area contributed by atoms with Crippen molar-refractivity contribution in [3.63, 3.8) is 0 Å². The molecule has 0 aliphatic carbocycles. The number of aliphatic hydroxyl groups excluding tert-OH is 2. The van der Waals surface area contributed by atoms with Crippen LogP contribution < -0.4 is 4.72 Å². The second-order valence-corrected chi connectivity index (χ2v) is 8.87. The zero-order valence-corrected chi connectivity index (χ0v) is 17.3. The van der Waals surface area contributed by atoms with Crippen molar-refractivity contribution in [1.82, 2.24) is 4.57 Å². The smallest absolute Gasteiger partial charge is 0.261 e. The largest absolute Gasteiger partial charge is 0.394 e. The van der Waals surface area contributed by atoms with Crippen molar-refractivity contribution in [2.24, 2.45) is 0 Å². The van der Waals surface area contributed by atoms with E-state index in [1.165, 1.54) is 36.4 Å². The number of hydrogen-bond donors (Lipinski definition) is 3. The number of halogens is 1. The van der Waals surface area contributed by atoms with E-state index in [1.54, 1.807) is 12.1 Å². The third-order valence-corrected chi connectivity index (χ3v) is 6.38. The lowest BCUT2D eigenvalue weighted by Gasteiger charge is -2.10. The molecule has 0 aliphatic heterocycles. The summed E-state index contributed by atoms with van der Waals surface area (Å²) in [5, 5.41) is 20.0. The average Bonchev–Trinajstić information content (AvgIpc) is 3.13. The average molecular weight is 440 g/mol. The van der Waals surface area contributed by atoms with Gasteiger partial charge in [0.25, 0.3) is 10.0 Å². The van der Waals surface area contributed by atoms with Gasteiger partial charge in [-0.15, -0.1) is 0 Å². The number of aliphatic hydroxyl groups is 2. The molecule has 4 aromatic rings. The molecule has 0 spiro atoms. The molecule has 1 heterocycles. The molecule has 1 aromatic heterocycles. The summed E-state index contributed by atoms with van der Waals surface area (Å²) < 4.78 is 42.7. The lowest BCUT2D eigenvalue weighted by Crippen LogP contribution is -2.14. The molecule has 0 unspecified atom stereocenters. The van der Waals surface area contributed by atoms with E-state index in [2.05, 4.69) is 4.72 Å². The number of aromatic nitrogens is 1. The number of anilines is 1. The molecule has 0 saturated heterocycles. The minimum Gasteiger partial charge on any atom is -0.394 e. The number of rotatable bonds is 7. The van der Waals surface area contributed by atoms with Gasteiger partial charge in [0.05, 0.1) is 23.1 Å². The highest BCUT2D eigenvalue weighted by Gasteiger charge is 2.16. The van der Waals surface area contributed by atoms with Crippen molar-refractivity contribution in [3.8, 4) is 5.69 Å². The summed E-state index contributed by atoms with van der Waals surface area (Å²) in [6.45, 7) is -0.326. The van der Waals surface area contributed by atoms with E-state index in [0.717, 1.165) is 22.2 Å². The number of nitrogens with zero attached hydrogens (tertiary/aromatic N) is 1. The Labute approximate surface area is 179 Å². The van der Waals surface area contributed by atoms with E-state index < -0.39 is 21.9 Å². The number of hydrogen-bond acceptors (Lipinski definition) is 4. The van der Waals surface area contributed by atoms with E-state index in [-0.39, 0.29) is 17.2 Å².